The first-order valence-electron chi connectivity index (χ1n) is 9.00. The lowest BCUT2D eigenvalue weighted by Crippen LogP contribution is -2.46. The molecule has 8 nitrogen and oxygen atoms in total. The molecule has 0 unspecified atom stereocenters. The highest BCUT2D eigenvalue weighted by molar-refractivity contribution is 5.91. The largest absolute Gasteiger partial charge is 0.391 e. The molecular weight excluding hydrogens is 346 g/mol. The number of amides is 1. The summed E-state index contributed by atoms with van der Waals surface area (Å²) in [6, 6.07) is 11.0. The van der Waals surface area contributed by atoms with Crippen LogP contribution >= 0.6 is 0 Å². The number of aliphatic hydroxyl groups excluding tert-OH is 1. The van der Waals surface area contributed by atoms with Gasteiger partial charge in [0.05, 0.1) is 24.0 Å². The summed E-state index contributed by atoms with van der Waals surface area (Å²) >= 11 is 0. The number of hydrogen-bond acceptors (Lipinski definition) is 6. The van der Waals surface area contributed by atoms with Gasteiger partial charge in [0.2, 0.25) is 5.76 Å². The Morgan fingerprint density at radius 2 is 2.07 bits per heavy atom. The van der Waals surface area contributed by atoms with Crippen molar-refractivity contribution in [2.45, 2.75) is 44.2 Å². The van der Waals surface area contributed by atoms with E-state index in [0.29, 0.717) is 18.7 Å². The number of benzene rings is 1. The van der Waals surface area contributed by atoms with Crippen LogP contribution in [0.2, 0.25) is 0 Å². The summed E-state index contributed by atoms with van der Waals surface area (Å²) in [6.07, 6.45) is 2.74. The predicted octanol–water partition coefficient (Wildman–Crippen LogP) is 1.99. The highest BCUT2D eigenvalue weighted by Crippen LogP contribution is 2.33. The van der Waals surface area contributed by atoms with Crippen molar-refractivity contribution in [1.82, 2.24) is 25.2 Å². The monoisotopic (exact) mass is 367 g/mol. The minimum absolute atomic E-state index is 0.0785. The number of aromatic nitrogens is 4. The molecule has 2 aromatic heterocycles. The third-order valence-electron chi connectivity index (χ3n) is 4.90. The average molecular weight is 367 g/mol. The minimum Gasteiger partial charge on any atom is -0.391 e. The molecular formula is C19H21N5O3. The summed E-state index contributed by atoms with van der Waals surface area (Å²) in [5.41, 5.74) is 0.946. The van der Waals surface area contributed by atoms with Crippen LogP contribution < -0.4 is 5.32 Å². The van der Waals surface area contributed by atoms with E-state index >= 15 is 0 Å². The molecule has 2 heterocycles. The van der Waals surface area contributed by atoms with Crippen molar-refractivity contribution in [3.63, 3.8) is 0 Å². The Morgan fingerprint density at radius 3 is 2.81 bits per heavy atom. The van der Waals surface area contributed by atoms with E-state index in [-0.39, 0.29) is 23.6 Å². The maximum Gasteiger partial charge on any atom is 0.290 e. The van der Waals surface area contributed by atoms with Gasteiger partial charge in [0.1, 0.15) is 11.6 Å². The highest BCUT2D eigenvalue weighted by Gasteiger charge is 2.34. The maximum atomic E-state index is 12.3. The number of carbonyl (C=O) groups is 1. The van der Waals surface area contributed by atoms with Gasteiger partial charge < -0.3 is 14.9 Å². The fourth-order valence-corrected chi connectivity index (χ4v) is 3.57. The Bertz CT molecular complexity index is 907. The van der Waals surface area contributed by atoms with Crippen LogP contribution in [0.4, 0.5) is 0 Å². The molecule has 0 saturated heterocycles. The number of carbonyl (C=O) groups excluding carboxylic acids is 1. The van der Waals surface area contributed by atoms with Crippen molar-refractivity contribution in [3.8, 4) is 5.69 Å². The molecule has 4 rings (SSSR count). The normalized spacial score (nSPS) is 22.5. The summed E-state index contributed by atoms with van der Waals surface area (Å²) in [5.74, 6) is 1.38. The Hall–Kier alpha value is -3.00. The van der Waals surface area contributed by atoms with Crippen LogP contribution in [0, 0.1) is 6.92 Å². The van der Waals surface area contributed by atoms with E-state index in [1.165, 1.54) is 12.3 Å². The van der Waals surface area contributed by atoms with Crippen molar-refractivity contribution in [1.29, 1.82) is 0 Å². The molecule has 1 saturated carbocycles. The fraction of sp³-hybridized carbons (Fsp3) is 0.368. The van der Waals surface area contributed by atoms with E-state index in [0.717, 1.165) is 17.9 Å². The summed E-state index contributed by atoms with van der Waals surface area (Å²) in [6.45, 7) is 1.86. The van der Waals surface area contributed by atoms with Crippen molar-refractivity contribution in [2.75, 3.05) is 0 Å². The van der Waals surface area contributed by atoms with E-state index in [2.05, 4.69) is 20.6 Å². The summed E-state index contributed by atoms with van der Waals surface area (Å²) in [4.78, 5) is 16.9. The van der Waals surface area contributed by atoms with Gasteiger partial charge in [-0.05, 0) is 38.3 Å². The number of para-hydroxylation sites is 1. The Morgan fingerprint density at radius 1 is 1.26 bits per heavy atom. The Labute approximate surface area is 156 Å². The second kappa shape index (κ2) is 7.32. The zero-order valence-electron chi connectivity index (χ0n) is 14.9. The lowest BCUT2D eigenvalue weighted by Gasteiger charge is -2.33. The van der Waals surface area contributed by atoms with E-state index in [9.17, 15) is 9.90 Å². The van der Waals surface area contributed by atoms with Gasteiger partial charge >= 0.3 is 0 Å². The SMILES string of the molecule is Cc1nc([C@H]2CC[C@@H](O)[C@H](NC(=O)c3ccno3)C2)n(-c2ccccc2)n1. The first kappa shape index (κ1) is 17.4. The van der Waals surface area contributed by atoms with E-state index < -0.39 is 6.10 Å². The van der Waals surface area contributed by atoms with Crippen LogP contribution in [0.15, 0.2) is 47.1 Å². The number of nitrogens with one attached hydrogen (secondary N) is 1. The van der Waals surface area contributed by atoms with Crippen LogP contribution in [0.5, 0.6) is 0 Å². The Kier molecular flexibility index (Phi) is 4.72. The van der Waals surface area contributed by atoms with Gasteiger partial charge in [-0.1, -0.05) is 23.4 Å². The molecule has 1 aliphatic rings. The molecule has 1 aliphatic carbocycles. The molecule has 3 atom stereocenters. The first-order valence-corrected chi connectivity index (χ1v) is 9.00. The lowest BCUT2D eigenvalue weighted by molar-refractivity contribution is 0.0648. The smallest absolute Gasteiger partial charge is 0.290 e. The number of aryl methyl sites for hydroxylation is 1. The third-order valence-corrected chi connectivity index (χ3v) is 4.90. The van der Waals surface area contributed by atoms with Gasteiger partial charge in [-0.15, -0.1) is 0 Å². The van der Waals surface area contributed by atoms with Crippen molar-refractivity contribution >= 4 is 5.91 Å². The van der Waals surface area contributed by atoms with E-state index in [4.69, 9.17) is 4.52 Å². The molecule has 0 bridgehead atoms. The molecule has 1 amide bonds. The number of aliphatic hydroxyl groups is 1. The topological polar surface area (TPSA) is 106 Å². The maximum absolute atomic E-state index is 12.3. The summed E-state index contributed by atoms with van der Waals surface area (Å²) in [7, 11) is 0. The number of nitrogens with zero attached hydrogens (tertiary/aromatic N) is 4. The molecule has 140 valence electrons. The van der Waals surface area contributed by atoms with Gasteiger partial charge in [-0.3, -0.25) is 4.79 Å². The van der Waals surface area contributed by atoms with Crippen molar-refractivity contribution in [3.05, 3.63) is 60.0 Å². The van der Waals surface area contributed by atoms with Crippen LogP contribution in [0.1, 0.15) is 47.4 Å². The zero-order chi connectivity index (χ0) is 18.8. The second-order valence-corrected chi connectivity index (χ2v) is 6.80. The van der Waals surface area contributed by atoms with E-state index in [1.54, 1.807) is 0 Å². The molecule has 0 aliphatic heterocycles. The lowest BCUT2D eigenvalue weighted by atomic mass is 9.83. The molecule has 2 N–H and O–H groups in total. The van der Waals surface area contributed by atoms with Crippen LogP contribution in [0.25, 0.3) is 5.69 Å². The van der Waals surface area contributed by atoms with Gasteiger partial charge in [0.15, 0.2) is 0 Å². The summed E-state index contributed by atoms with van der Waals surface area (Å²) in [5, 5.41) is 21.3. The third kappa shape index (κ3) is 3.61. The van der Waals surface area contributed by atoms with E-state index in [1.807, 2.05) is 41.9 Å². The van der Waals surface area contributed by atoms with Crippen LogP contribution in [-0.2, 0) is 0 Å². The molecule has 3 aromatic rings. The highest BCUT2D eigenvalue weighted by atomic mass is 16.5. The van der Waals surface area contributed by atoms with Gasteiger partial charge in [0, 0.05) is 12.0 Å². The predicted molar refractivity (Wildman–Crippen MR) is 96.5 cm³/mol. The fourth-order valence-electron chi connectivity index (χ4n) is 3.57. The quantitative estimate of drug-likeness (QED) is 0.730. The molecule has 0 spiro atoms. The summed E-state index contributed by atoms with van der Waals surface area (Å²) < 4.78 is 6.75. The second-order valence-electron chi connectivity index (χ2n) is 6.80. The van der Waals surface area contributed by atoms with Crippen LogP contribution in [0.3, 0.4) is 0 Å². The standard InChI is InChI=1S/C19H21N5O3/c1-12-21-18(24(23-12)14-5-3-2-4-6-14)13-7-8-16(25)15(11-13)22-19(26)17-9-10-20-27-17/h2-6,9-10,13,15-16,25H,7-8,11H2,1H3,(H,22,26)/t13-,15+,16+/m0/s1. The molecule has 8 heteroatoms. The van der Waals surface area contributed by atoms with Gasteiger partial charge in [0.25, 0.3) is 5.91 Å². The number of rotatable bonds is 4. The zero-order valence-corrected chi connectivity index (χ0v) is 14.9. The first-order chi connectivity index (χ1) is 13.1. The van der Waals surface area contributed by atoms with Crippen molar-refractivity contribution < 1.29 is 14.4 Å². The number of hydrogen-bond donors (Lipinski definition) is 2. The van der Waals surface area contributed by atoms with Crippen molar-refractivity contribution in [2.24, 2.45) is 0 Å². The minimum atomic E-state index is -0.609. The van der Waals surface area contributed by atoms with Gasteiger partial charge in [-0.2, -0.15) is 5.10 Å². The molecule has 0 radical (unpaired) electrons. The Balaban J connectivity index is 1.56. The molecule has 1 aromatic carbocycles. The molecule has 1 fully saturated rings. The van der Waals surface area contributed by atoms with Crippen LogP contribution in [-0.4, -0.2) is 43.1 Å². The van der Waals surface area contributed by atoms with Gasteiger partial charge in [-0.25, -0.2) is 9.67 Å². The average Bonchev–Trinajstić information content (AvgIpc) is 3.34. The molecule has 27 heavy (non-hydrogen) atoms.